The Bertz CT molecular complexity index is 1380. The first-order chi connectivity index (χ1) is 17.8. The highest BCUT2D eigenvalue weighted by molar-refractivity contribution is 7.89. The Labute approximate surface area is 216 Å². The van der Waals surface area contributed by atoms with Crippen LogP contribution in [0.5, 0.6) is 11.5 Å². The number of nitrogens with one attached hydrogen (secondary N) is 2. The molecule has 1 aliphatic heterocycles. The van der Waals surface area contributed by atoms with E-state index in [1.165, 1.54) is 30.2 Å². The molecule has 1 atom stereocenters. The Morgan fingerprint density at radius 2 is 1.78 bits per heavy atom. The fourth-order valence-corrected chi connectivity index (χ4v) is 5.28. The Balaban J connectivity index is 1.61. The summed E-state index contributed by atoms with van der Waals surface area (Å²) in [4.78, 5) is 28.0. The molecule has 0 fully saturated rings. The average molecular weight is 524 g/mol. The van der Waals surface area contributed by atoms with E-state index in [1.807, 2.05) is 37.3 Å². The third-order valence-electron chi connectivity index (χ3n) is 5.86. The summed E-state index contributed by atoms with van der Waals surface area (Å²) in [7, 11) is -2.54. The highest BCUT2D eigenvalue weighted by Gasteiger charge is 2.34. The van der Waals surface area contributed by atoms with Crippen molar-refractivity contribution in [2.75, 3.05) is 25.1 Å². The number of benzene rings is 3. The number of nitrogens with zero attached hydrogens (tertiary/aromatic N) is 1. The van der Waals surface area contributed by atoms with Crippen molar-refractivity contribution in [2.45, 2.75) is 30.9 Å². The first-order valence-electron chi connectivity index (χ1n) is 11.9. The minimum atomic E-state index is -3.90. The van der Waals surface area contributed by atoms with Gasteiger partial charge in [-0.25, -0.2) is 13.1 Å². The highest BCUT2D eigenvalue weighted by atomic mass is 32.2. The number of carbonyl (C=O) groups excluding carboxylic acids is 2. The Hall–Kier alpha value is -3.89. The van der Waals surface area contributed by atoms with Gasteiger partial charge in [-0.15, -0.1) is 0 Å². The van der Waals surface area contributed by atoms with Crippen LogP contribution >= 0.6 is 0 Å². The van der Waals surface area contributed by atoms with E-state index >= 15 is 0 Å². The van der Waals surface area contributed by atoms with Crippen molar-refractivity contribution in [1.29, 1.82) is 0 Å². The summed E-state index contributed by atoms with van der Waals surface area (Å²) in [6.45, 7) is 2.38. The van der Waals surface area contributed by atoms with Crippen LogP contribution in [0.2, 0.25) is 0 Å². The summed E-state index contributed by atoms with van der Waals surface area (Å²) < 4.78 is 39.4. The summed E-state index contributed by atoms with van der Waals surface area (Å²) >= 11 is 0. The molecule has 0 aliphatic carbocycles. The van der Waals surface area contributed by atoms with Gasteiger partial charge in [0.2, 0.25) is 10.0 Å². The minimum Gasteiger partial charge on any atom is -0.495 e. The molecule has 0 unspecified atom stereocenters. The Morgan fingerprint density at radius 1 is 1.05 bits per heavy atom. The fraction of sp³-hybridized carbons (Fsp3) is 0.259. The number of hydrogen-bond donors (Lipinski definition) is 2. The van der Waals surface area contributed by atoms with Crippen molar-refractivity contribution in [2.24, 2.45) is 0 Å². The van der Waals surface area contributed by atoms with E-state index in [4.69, 9.17) is 9.47 Å². The summed E-state index contributed by atoms with van der Waals surface area (Å²) in [5, 5.41) is 2.86. The molecule has 3 aromatic rings. The maximum absolute atomic E-state index is 13.7. The summed E-state index contributed by atoms with van der Waals surface area (Å²) in [6, 6.07) is 20.6. The standard InChI is InChI=1S/C27H29N3O6S/c1-3-15-29-37(33,34)25-16-20(13-14-23(25)35-2)27(32)30-18-24(36-22-12-8-7-11-21(22)30)26(31)28-17-19-9-5-4-6-10-19/h4-14,16,24,29H,3,15,17-18H2,1-2H3,(H,28,31)/t24-/m1/s1. The first kappa shape index (κ1) is 26.2. The van der Waals surface area contributed by atoms with Crippen LogP contribution in [-0.4, -0.2) is 46.5 Å². The van der Waals surface area contributed by atoms with Crippen LogP contribution < -0.4 is 24.4 Å². The van der Waals surface area contributed by atoms with Crippen LogP contribution in [0, 0.1) is 0 Å². The van der Waals surface area contributed by atoms with Crippen LogP contribution in [0.3, 0.4) is 0 Å². The molecule has 194 valence electrons. The van der Waals surface area contributed by atoms with E-state index in [0.717, 1.165) is 5.56 Å². The van der Waals surface area contributed by atoms with Gasteiger partial charge in [0.25, 0.3) is 11.8 Å². The largest absolute Gasteiger partial charge is 0.495 e. The normalized spacial score (nSPS) is 14.9. The lowest BCUT2D eigenvalue weighted by molar-refractivity contribution is -0.128. The number of ether oxygens (including phenoxy) is 2. The van der Waals surface area contributed by atoms with Gasteiger partial charge in [-0.2, -0.15) is 0 Å². The van der Waals surface area contributed by atoms with Crippen LogP contribution in [0.15, 0.2) is 77.7 Å². The Kier molecular flexibility index (Phi) is 8.10. The molecule has 1 heterocycles. The molecule has 0 aromatic heterocycles. The van der Waals surface area contributed by atoms with Gasteiger partial charge in [-0.05, 0) is 42.3 Å². The number of hydrogen-bond acceptors (Lipinski definition) is 6. The molecule has 0 spiro atoms. The van der Waals surface area contributed by atoms with E-state index in [1.54, 1.807) is 24.3 Å². The average Bonchev–Trinajstić information content (AvgIpc) is 2.94. The van der Waals surface area contributed by atoms with Crippen LogP contribution in [0.4, 0.5) is 5.69 Å². The molecule has 0 radical (unpaired) electrons. The van der Waals surface area contributed by atoms with Crippen molar-refractivity contribution < 1.29 is 27.5 Å². The van der Waals surface area contributed by atoms with Crippen LogP contribution in [0.1, 0.15) is 29.3 Å². The molecular weight excluding hydrogens is 494 g/mol. The smallest absolute Gasteiger partial charge is 0.263 e. The maximum atomic E-state index is 13.7. The minimum absolute atomic E-state index is 0.0430. The van der Waals surface area contributed by atoms with Gasteiger partial charge in [0, 0.05) is 18.7 Å². The van der Waals surface area contributed by atoms with Crippen LogP contribution in [-0.2, 0) is 21.4 Å². The quantitative estimate of drug-likeness (QED) is 0.446. The van der Waals surface area contributed by atoms with Gasteiger partial charge >= 0.3 is 0 Å². The van der Waals surface area contributed by atoms with Gasteiger partial charge in [0.1, 0.15) is 16.4 Å². The van der Waals surface area contributed by atoms with Crippen LogP contribution in [0.25, 0.3) is 0 Å². The number of carbonyl (C=O) groups is 2. The maximum Gasteiger partial charge on any atom is 0.263 e. The zero-order chi connectivity index (χ0) is 26.4. The molecule has 0 saturated carbocycles. The van der Waals surface area contributed by atoms with Crippen molar-refractivity contribution >= 4 is 27.5 Å². The molecule has 9 nitrogen and oxygen atoms in total. The first-order valence-corrected chi connectivity index (χ1v) is 13.4. The number of anilines is 1. The number of rotatable bonds is 9. The molecule has 3 aromatic carbocycles. The lowest BCUT2D eigenvalue weighted by atomic mass is 10.1. The van der Waals surface area contributed by atoms with E-state index in [2.05, 4.69) is 10.0 Å². The predicted molar refractivity (Wildman–Crippen MR) is 139 cm³/mol. The third-order valence-corrected chi connectivity index (χ3v) is 7.35. The van der Waals surface area contributed by atoms with E-state index < -0.39 is 22.0 Å². The molecule has 4 rings (SSSR count). The van der Waals surface area contributed by atoms with Gasteiger partial charge < -0.3 is 19.7 Å². The van der Waals surface area contributed by atoms with Gasteiger partial charge in [0.05, 0.1) is 19.3 Å². The van der Waals surface area contributed by atoms with E-state index in [-0.39, 0.29) is 35.2 Å². The summed E-state index contributed by atoms with van der Waals surface area (Å²) in [5.74, 6) is -0.322. The fourth-order valence-electron chi connectivity index (χ4n) is 3.95. The third kappa shape index (κ3) is 5.92. The van der Waals surface area contributed by atoms with Crippen molar-refractivity contribution in [3.05, 3.63) is 83.9 Å². The van der Waals surface area contributed by atoms with E-state index in [0.29, 0.717) is 24.4 Å². The van der Waals surface area contributed by atoms with Crippen molar-refractivity contribution in [1.82, 2.24) is 10.0 Å². The highest BCUT2D eigenvalue weighted by Crippen LogP contribution is 2.35. The Morgan fingerprint density at radius 3 is 2.51 bits per heavy atom. The van der Waals surface area contributed by atoms with Crippen molar-refractivity contribution in [3.63, 3.8) is 0 Å². The topological polar surface area (TPSA) is 114 Å². The lowest BCUT2D eigenvalue weighted by Gasteiger charge is -2.34. The zero-order valence-corrected chi connectivity index (χ0v) is 21.5. The number of sulfonamides is 1. The molecule has 1 aliphatic rings. The second-order valence-corrected chi connectivity index (χ2v) is 10.2. The number of methoxy groups -OCH3 is 1. The van der Waals surface area contributed by atoms with E-state index in [9.17, 15) is 18.0 Å². The second-order valence-electron chi connectivity index (χ2n) is 8.46. The number of para-hydroxylation sites is 2. The molecule has 2 N–H and O–H groups in total. The molecule has 2 amide bonds. The summed E-state index contributed by atoms with van der Waals surface area (Å²) in [5.41, 5.74) is 1.56. The SMILES string of the molecule is CCCNS(=O)(=O)c1cc(C(=O)N2C[C@H](C(=O)NCc3ccccc3)Oc3ccccc32)ccc1OC. The van der Waals surface area contributed by atoms with Crippen molar-refractivity contribution in [3.8, 4) is 11.5 Å². The predicted octanol–water partition coefficient (Wildman–Crippen LogP) is 3.11. The summed E-state index contributed by atoms with van der Waals surface area (Å²) in [6.07, 6.45) is -0.339. The monoisotopic (exact) mass is 523 g/mol. The van der Waals surface area contributed by atoms with Gasteiger partial charge in [-0.3, -0.25) is 9.59 Å². The van der Waals surface area contributed by atoms with Gasteiger partial charge in [-0.1, -0.05) is 49.4 Å². The molecule has 10 heteroatoms. The zero-order valence-electron chi connectivity index (χ0n) is 20.6. The molecule has 0 bridgehead atoms. The molecule has 37 heavy (non-hydrogen) atoms. The molecule has 0 saturated heterocycles. The number of fused-ring (bicyclic) bond motifs is 1. The second kappa shape index (κ2) is 11.4. The lowest BCUT2D eigenvalue weighted by Crippen LogP contribution is -2.50. The number of amides is 2. The molecular formula is C27H29N3O6S. The van der Waals surface area contributed by atoms with Gasteiger partial charge in [0.15, 0.2) is 6.10 Å².